The van der Waals surface area contributed by atoms with E-state index in [0.717, 1.165) is 0 Å². The number of hydrogen-bond donors (Lipinski definition) is 3. The van der Waals surface area contributed by atoms with Gasteiger partial charge in [0.15, 0.2) is 0 Å². The van der Waals surface area contributed by atoms with E-state index in [1.807, 2.05) is 20.8 Å². The fourth-order valence-corrected chi connectivity index (χ4v) is 2.00. The standard InChI is InChI=1S/C14H23N3O4/c1-9-7-15-11(21-9)8-16-13(20)17-10(5-12(18)19)6-14(2,3)4/h7,10H,5-6,8H2,1-4H3,(H,18,19)(H2,16,17,20). The molecule has 0 saturated heterocycles. The van der Waals surface area contributed by atoms with Crippen molar-refractivity contribution in [3.05, 3.63) is 17.8 Å². The summed E-state index contributed by atoms with van der Waals surface area (Å²) in [4.78, 5) is 26.7. The zero-order valence-electron chi connectivity index (χ0n) is 12.9. The van der Waals surface area contributed by atoms with Crippen molar-refractivity contribution in [3.8, 4) is 0 Å². The van der Waals surface area contributed by atoms with Crippen LogP contribution in [0.5, 0.6) is 0 Å². The molecule has 7 heteroatoms. The van der Waals surface area contributed by atoms with E-state index in [2.05, 4.69) is 15.6 Å². The van der Waals surface area contributed by atoms with Crippen molar-refractivity contribution < 1.29 is 19.1 Å². The molecule has 21 heavy (non-hydrogen) atoms. The first-order valence-electron chi connectivity index (χ1n) is 6.83. The Kier molecular flexibility index (Phi) is 5.75. The number of hydrogen-bond acceptors (Lipinski definition) is 4. The Morgan fingerprint density at radius 2 is 2.10 bits per heavy atom. The third-order valence-electron chi connectivity index (χ3n) is 2.68. The second-order valence-corrected chi connectivity index (χ2v) is 6.25. The molecule has 0 aliphatic heterocycles. The topological polar surface area (TPSA) is 104 Å². The van der Waals surface area contributed by atoms with Gasteiger partial charge in [-0.2, -0.15) is 0 Å². The lowest BCUT2D eigenvalue weighted by molar-refractivity contribution is -0.137. The van der Waals surface area contributed by atoms with Gasteiger partial charge in [-0.25, -0.2) is 9.78 Å². The molecule has 1 atom stereocenters. The van der Waals surface area contributed by atoms with Gasteiger partial charge in [-0.3, -0.25) is 4.79 Å². The van der Waals surface area contributed by atoms with Crippen molar-refractivity contribution in [2.75, 3.05) is 0 Å². The van der Waals surface area contributed by atoms with Gasteiger partial charge in [-0.15, -0.1) is 0 Å². The van der Waals surface area contributed by atoms with Gasteiger partial charge >= 0.3 is 12.0 Å². The Bertz CT molecular complexity index is 491. The fourth-order valence-electron chi connectivity index (χ4n) is 2.00. The van der Waals surface area contributed by atoms with Crippen LogP contribution in [0.3, 0.4) is 0 Å². The quantitative estimate of drug-likeness (QED) is 0.745. The van der Waals surface area contributed by atoms with Gasteiger partial charge in [0.2, 0.25) is 5.89 Å². The number of carbonyl (C=O) groups excluding carboxylic acids is 1. The minimum atomic E-state index is -0.937. The van der Waals surface area contributed by atoms with E-state index < -0.39 is 18.0 Å². The normalized spacial score (nSPS) is 12.8. The second kappa shape index (κ2) is 7.10. The molecule has 0 aromatic carbocycles. The van der Waals surface area contributed by atoms with E-state index in [4.69, 9.17) is 9.52 Å². The molecule has 0 fully saturated rings. The highest BCUT2D eigenvalue weighted by atomic mass is 16.4. The molecular weight excluding hydrogens is 274 g/mol. The number of nitrogens with one attached hydrogen (secondary N) is 2. The van der Waals surface area contributed by atoms with Gasteiger partial charge in [-0.1, -0.05) is 20.8 Å². The molecule has 0 spiro atoms. The number of rotatable bonds is 6. The van der Waals surface area contributed by atoms with Crippen LogP contribution in [0.1, 0.15) is 45.3 Å². The molecule has 7 nitrogen and oxygen atoms in total. The molecule has 3 N–H and O–H groups in total. The summed E-state index contributed by atoms with van der Waals surface area (Å²) in [6, 6.07) is -0.852. The van der Waals surface area contributed by atoms with Crippen molar-refractivity contribution in [3.63, 3.8) is 0 Å². The first-order valence-corrected chi connectivity index (χ1v) is 6.83. The molecule has 0 saturated carbocycles. The van der Waals surface area contributed by atoms with Crippen LogP contribution in [0, 0.1) is 12.3 Å². The number of aryl methyl sites for hydroxylation is 1. The highest BCUT2D eigenvalue weighted by Crippen LogP contribution is 2.22. The van der Waals surface area contributed by atoms with Gasteiger partial charge in [0.05, 0.1) is 19.2 Å². The Labute approximate surface area is 124 Å². The van der Waals surface area contributed by atoms with Crippen LogP contribution in [-0.2, 0) is 11.3 Å². The average molecular weight is 297 g/mol. The maximum absolute atomic E-state index is 11.8. The number of oxazole rings is 1. The van der Waals surface area contributed by atoms with Crippen LogP contribution in [0.4, 0.5) is 4.79 Å². The van der Waals surface area contributed by atoms with Crippen LogP contribution >= 0.6 is 0 Å². The van der Waals surface area contributed by atoms with Crippen molar-refractivity contribution in [1.29, 1.82) is 0 Å². The van der Waals surface area contributed by atoms with Crippen LogP contribution in [0.25, 0.3) is 0 Å². The number of urea groups is 1. The summed E-state index contributed by atoms with van der Waals surface area (Å²) in [6.45, 7) is 7.92. The maximum Gasteiger partial charge on any atom is 0.315 e. The van der Waals surface area contributed by atoms with Gasteiger partial charge in [0.1, 0.15) is 5.76 Å². The molecule has 1 aromatic rings. The molecule has 1 heterocycles. The van der Waals surface area contributed by atoms with E-state index in [0.29, 0.717) is 18.1 Å². The Morgan fingerprint density at radius 3 is 2.57 bits per heavy atom. The zero-order valence-corrected chi connectivity index (χ0v) is 12.9. The number of carboxylic acids is 1. The first kappa shape index (κ1) is 17.0. The molecule has 1 rings (SSSR count). The monoisotopic (exact) mass is 297 g/mol. The summed E-state index contributed by atoms with van der Waals surface area (Å²) < 4.78 is 5.24. The van der Waals surface area contributed by atoms with Crippen LogP contribution < -0.4 is 10.6 Å². The minimum absolute atomic E-state index is 0.0763. The van der Waals surface area contributed by atoms with E-state index in [9.17, 15) is 9.59 Å². The highest BCUT2D eigenvalue weighted by Gasteiger charge is 2.22. The third kappa shape index (κ3) is 7.34. The molecular formula is C14H23N3O4. The van der Waals surface area contributed by atoms with E-state index in [-0.39, 0.29) is 18.4 Å². The number of carboxylic acid groups (broad SMARTS) is 1. The summed E-state index contributed by atoms with van der Waals surface area (Å²) in [5.41, 5.74) is -0.0763. The SMILES string of the molecule is Cc1cnc(CNC(=O)NC(CC(=O)O)CC(C)(C)C)o1. The molecule has 2 amide bonds. The predicted molar refractivity (Wildman–Crippen MR) is 76.7 cm³/mol. The second-order valence-electron chi connectivity index (χ2n) is 6.25. The number of carbonyl (C=O) groups is 2. The lowest BCUT2D eigenvalue weighted by Crippen LogP contribution is -2.44. The number of aliphatic carboxylic acids is 1. The van der Waals surface area contributed by atoms with Gasteiger partial charge in [-0.05, 0) is 18.8 Å². The number of aromatic nitrogens is 1. The minimum Gasteiger partial charge on any atom is -0.481 e. The molecule has 0 bridgehead atoms. The lowest BCUT2D eigenvalue weighted by atomic mass is 9.87. The molecule has 0 aliphatic carbocycles. The number of nitrogens with zero attached hydrogens (tertiary/aromatic N) is 1. The number of amides is 2. The summed E-state index contributed by atoms with van der Waals surface area (Å²) >= 11 is 0. The van der Waals surface area contributed by atoms with E-state index in [1.54, 1.807) is 13.1 Å². The summed E-state index contributed by atoms with van der Waals surface area (Å²) in [5.74, 6) is 0.143. The Hall–Kier alpha value is -2.05. The predicted octanol–water partition coefficient (Wildman–Crippen LogP) is 2.06. The van der Waals surface area contributed by atoms with Crippen molar-refractivity contribution in [1.82, 2.24) is 15.6 Å². The maximum atomic E-state index is 11.8. The Balaban J connectivity index is 2.49. The zero-order chi connectivity index (χ0) is 16.0. The van der Waals surface area contributed by atoms with E-state index in [1.165, 1.54) is 0 Å². The van der Waals surface area contributed by atoms with Gasteiger partial charge in [0.25, 0.3) is 0 Å². The summed E-state index contributed by atoms with van der Waals surface area (Å²) in [7, 11) is 0. The fraction of sp³-hybridized carbons (Fsp3) is 0.643. The molecule has 0 aliphatic rings. The highest BCUT2D eigenvalue weighted by molar-refractivity contribution is 5.75. The first-order chi connectivity index (χ1) is 9.65. The summed E-state index contributed by atoms with van der Waals surface area (Å²) in [5, 5.41) is 14.2. The summed E-state index contributed by atoms with van der Waals surface area (Å²) in [6.07, 6.45) is 2.04. The molecule has 118 valence electrons. The van der Waals surface area contributed by atoms with Crippen LogP contribution in [-0.4, -0.2) is 28.1 Å². The van der Waals surface area contributed by atoms with Gasteiger partial charge in [0, 0.05) is 6.04 Å². The molecule has 1 unspecified atom stereocenters. The van der Waals surface area contributed by atoms with Crippen LogP contribution in [0.15, 0.2) is 10.6 Å². The van der Waals surface area contributed by atoms with Crippen molar-refractivity contribution >= 4 is 12.0 Å². The Morgan fingerprint density at radius 1 is 1.43 bits per heavy atom. The van der Waals surface area contributed by atoms with Gasteiger partial charge < -0.3 is 20.2 Å². The average Bonchev–Trinajstić information content (AvgIpc) is 2.69. The van der Waals surface area contributed by atoms with E-state index >= 15 is 0 Å². The molecule has 1 aromatic heterocycles. The smallest absolute Gasteiger partial charge is 0.315 e. The lowest BCUT2D eigenvalue weighted by Gasteiger charge is -2.25. The third-order valence-corrected chi connectivity index (χ3v) is 2.68. The largest absolute Gasteiger partial charge is 0.481 e. The van der Waals surface area contributed by atoms with Crippen LogP contribution in [0.2, 0.25) is 0 Å². The molecule has 0 radical (unpaired) electrons. The van der Waals surface area contributed by atoms with Crippen molar-refractivity contribution in [2.45, 2.75) is 53.1 Å². The van der Waals surface area contributed by atoms with Crippen molar-refractivity contribution in [2.24, 2.45) is 5.41 Å².